The summed E-state index contributed by atoms with van der Waals surface area (Å²) in [4.78, 5) is 40.2. The van der Waals surface area contributed by atoms with E-state index in [-0.39, 0.29) is 37.3 Å². The molecule has 168 valence electrons. The van der Waals surface area contributed by atoms with Crippen LogP contribution in [-0.4, -0.2) is 35.7 Å². The number of nitrogens with one attached hydrogen (secondary N) is 1. The van der Waals surface area contributed by atoms with Gasteiger partial charge in [0.2, 0.25) is 0 Å². The van der Waals surface area contributed by atoms with Gasteiger partial charge in [0.05, 0.1) is 6.61 Å². The monoisotopic (exact) mass is 448 g/mol. The minimum absolute atomic E-state index is 0.0341. The van der Waals surface area contributed by atoms with Crippen LogP contribution in [0, 0.1) is 5.92 Å². The second-order valence-corrected chi connectivity index (χ2v) is 8.07. The molecule has 2 aromatic rings. The van der Waals surface area contributed by atoms with E-state index in [1.165, 1.54) is 18.3 Å². The van der Waals surface area contributed by atoms with Crippen molar-refractivity contribution < 1.29 is 28.6 Å². The molecule has 0 aliphatic heterocycles. The fourth-order valence-corrected chi connectivity index (χ4v) is 3.61. The highest BCUT2D eigenvalue weighted by Gasteiger charge is 2.28. The van der Waals surface area contributed by atoms with Crippen LogP contribution < -0.4 is 5.32 Å². The summed E-state index contributed by atoms with van der Waals surface area (Å²) in [5, 5.41) is 4.87. The topological polar surface area (TPSA) is 104 Å². The van der Waals surface area contributed by atoms with Crippen LogP contribution in [0.3, 0.4) is 0 Å². The summed E-state index contributed by atoms with van der Waals surface area (Å²) in [6.45, 7) is 7.29. The predicted molar refractivity (Wildman–Crippen MR) is 116 cm³/mol. The number of aromatic nitrogens is 1. The van der Waals surface area contributed by atoms with Crippen molar-refractivity contribution in [1.82, 2.24) is 10.3 Å². The standard InChI is InChI=1S/C22H28N2O6S/c1-5-28-21(26)18-13-31-20(23-18)19(30-15(4)25)11-17(14(2)3)24-22(27)29-12-16-9-7-6-8-10-16/h6-10,13-14,17,19H,5,11-12H2,1-4H3,(H,24,27)/t17-,19-/m1/s1. The molecule has 1 N–H and O–H groups in total. The molecule has 31 heavy (non-hydrogen) atoms. The van der Waals surface area contributed by atoms with Crippen molar-refractivity contribution in [2.24, 2.45) is 5.92 Å². The molecule has 0 bridgehead atoms. The Morgan fingerprint density at radius 3 is 2.45 bits per heavy atom. The van der Waals surface area contributed by atoms with Gasteiger partial charge in [0.15, 0.2) is 11.8 Å². The summed E-state index contributed by atoms with van der Waals surface area (Å²) in [7, 11) is 0. The maximum absolute atomic E-state index is 12.3. The molecule has 8 nitrogen and oxygen atoms in total. The number of esters is 2. The lowest BCUT2D eigenvalue weighted by Gasteiger charge is -2.26. The molecular formula is C22H28N2O6S. The Morgan fingerprint density at radius 2 is 1.84 bits per heavy atom. The van der Waals surface area contributed by atoms with Crippen LogP contribution in [0.5, 0.6) is 0 Å². The fourth-order valence-electron chi connectivity index (χ4n) is 2.78. The number of hydrogen-bond acceptors (Lipinski definition) is 8. The molecule has 0 aliphatic carbocycles. The number of rotatable bonds is 10. The van der Waals surface area contributed by atoms with Gasteiger partial charge in [0.25, 0.3) is 0 Å². The van der Waals surface area contributed by atoms with E-state index in [0.29, 0.717) is 5.01 Å². The number of alkyl carbamates (subject to hydrolysis) is 1. The minimum Gasteiger partial charge on any atom is -0.461 e. The second kappa shape index (κ2) is 12.0. The predicted octanol–water partition coefficient (Wildman–Crippen LogP) is 4.27. The molecule has 0 saturated carbocycles. The highest BCUT2D eigenvalue weighted by Crippen LogP contribution is 2.28. The largest absolute Gasteiger partial charge is 0.461 e. The summed E-state index contributed by atoms with van der Waals surface area (Å²) in [5.41, 5.74) is 1.04. The molecular weight excluding hydrogens is 420 g/mol. The summed E-state index contributed by atoms with van der Waals surface area (Å²) in [6, 6.07) is 9.02. The quantitative estimate of drug-likeness (QED) is 0.428. The van der Waals surface area contributed by atoms with E-state index in [2.05, 4.69) is 10.3 Å². The van der Waals surface area contributed by atoms with E-state index in [1.54, 1.807) is 12.3 Å². The summed E-state index contributed by atoms with van der Waals surface area (Å²) < 4.78 is 15.7. The van der Waals surface area contributed by atoms with Crippen LogP contribution in [0.25, 0.3) is 0 Å². The van der Waals surface area contributed by atoms with Gasteiger partial charge in [-0.15, -0.1) is 11.3 Å². The van der Waals surface area contributed by atoms with Gasteiger partial charge in [-0.3, -0.25) is 4.79 Å². The summed E-state index contributed by atoms with van der Waals surface area (Å²) in [5.74, 6) is -0.978. The molecule has 1 amide bonds. The van der Waals surface area contributed by atoms with Crippen molar-refractivity contribution >= 4 is 29.4 Å². The van der Waals surface area contributed by atoms with Crippen LogP contribution in [-0.2, 0) is 25.6 Å². The highest BCUT2D eigenvalue weighted by molar-refractivity contribution is 7.09. The number of nitrogens with zero attached hydrogens (tertiary/aromatic N) is 1. The minimum atomic E-state index is -0.715. The zero-order valence-electron chi connectivity index (χ0n) is 18.1. The van der Waals surface area contributed by atoms with Gasteiger partial charge in [0, 0.05) is 24.8 Å². The summed E-state index contributed by atoms with van der Waals surface area (Å²) in [6.07, 6.45) is -0.990. The van der Waals surface area contributed by atoms with Crippen molar-refractivity contribution in [2.75, 3.05) is 6.61 Å². The maximum atomic E-state index is 12.3. The van der Waals surface area contributed by atoms with Gasteiger partial charge >= 0.3 is 18.0 Å². The Hall–Kier alpha value is -2.94. The Morgan fingerprint density at radius 1 is 1.13 bits per heavy atom. The SMILES string of the molecule is CCOC(=O)c1csc([C@@H](C[C@@H](NC(=O)OCc2ccccc2)C(C)C)OC(C)=O)n1. The van der Waals surface area contributed by atoms with Crippen LogP contribution in [0.4, 0.5) is 4.79 Å². The Kier molecular flexibility index (Phi) is 9.45. The number of carbonyl (C=O) groups is 3. The maximum Gasteiger partial charge on any atom is 0.407 e. The molecule has 0 fully saturated rings. The Labute approximate surface area is 185 Å². The number of benzene rings is 1. The zero-order chi connectivity index (χ0) is 22.8. The van der Waals surface area contributed by atoms with Crippen LogP contribution in [0.2, 0.25) is 0 Å². The highest BCUT2D eigenvalue weighted by atomic mass is 32.1. The molecule has 0 unspecified atom stereocenters. The van der Waals surface area contributed by atoms with Crippen LogP contribution in [0.15, 0.2) is 35.7 Å². The lowest BCUT2D eigenvalue weighted by Crippen LogP contribution is -2.40. The third kappa shape index (κ3) is 8.01. The van der Waals surface area contributed by atoms with Crippen LogP contribution in [0.1, 0.15) is 61.3 Å². The molecule has 0 aliphatic rings. The van der Waals surface area contributed by atoms with Gasteiger partial charge in [0.1, 0.15) is 11.6 Å². The first kappa shape index (κ1) is 24.3. The second-order valence-electron chi connectivity index (χ2n) is 7.18. The molecule has 1 heterocycles. The Balaban J connectivity index is 2.06. The molecule has 2 atom stereocenters. The summed E-state index contributed by atoms with van der Waals surface area (Å²) >= 11 is 1.20. The third-order valence-electron chi connectivity index (χ3n) is 4.38. The fraction of sp³-hybridized carbons (Fsp3) is 0.455. The third-order valence-corrected chi connectivity index (χ3v) is 5.32. The van der Waals surface area contributed by atoms with E-state index in [0.717, 1.165) is 5.56 Å². The van der Waals surface area contributed by atoms with Gasteiger partial charge < -0.3 is 19.5 Å². The number of ether oxygens (including phenoxy) is 3. The van der Waals surface area contributed by atoms with Crippen molar-refractivity contribution in [3.8, 4) is 0 Å². The van der Waals surface area contributed by atoms with Gasteiger partial charge in [-0.2, -0.15) is 0 Å². The molecule has 0 spiro atoms. The van der Waals surface area contributed by atoms with Crippen molar-refractivity contribution in [1.29, 1.82) is 0 Å². The van der Waals surface area contributed by atoms with E-state index in [1.807, 2.05) is 44.2 Å². The average molecular weight is 449 g/mol. The van der Waals surface area contributed by atoms with Crippen molar-refractivity contribution in [3.05, 3.63) is 52.0 Å². The van der Waals surface area contributed by atoms with E-state index in [9.17, 15) is 14.4 Å². The molecule has 9 heteroatoms. The molecule has 1 aromatic carbocycles. The van der Waals surface area contributed by atoms with E-state index in [4.69, 9.17) is 14.2 Å². The van der Waals surface area contributed by atoms with Crippen molar-refractivity contribution in [2.45, 2.75) is 52.9 Å². The van der Waals surface area contributed by atoms with Gasteiger partial charge in [-0.1, -0.05) is 44.2 Å². The smallest absolute Gasteiger partial charge is 0.407 e. The Bertz CT molecular complexity index is 868. The molecule has 2 rings (SSSR count). The van der Waals surface area contributed by atoms with E-state index >= 15 is 0 Å². The first-order valence-corrected chi connectivity index (χ1v) is 10.9. The molecule has 0 radical (unpaired) electrons. The average Bonchev–Trinajstić information content (AvgIpc) is 3.22. The number of thiazole rings is 1. The lowest BCUT2D eigenvalue weighted by atomic mass is 9.98. The number of amides is 1. The first-order chi connectivity index (χ1) is 14.8. The van der Waals surface area contributed by atoms with Crippen molar-refractivity contribution in [3.63, 3.8) is 0 Å². The molecule has 1 aromatic heterocycles. The normalized spacial score (nSPS) is 12.7. The first-order valence-electron chi connectivity index (χ1n) is 10.1. The molecule has 0 saturated heterocycles. The number of carbonyl (C=O) groups excluding carboxylic acids is 3. The number of hydrogen-bond donors (Lipinski definition) is 1. The lowest BCUT2D eigenvalue weighted by molar-refractivity contribution is -0.147. The zero-order valence-corrected chi connectivity index (χ0v) is 18.9. The van der Waals surface area contributed by atoms with Gasteiger partial charge in [-0.05, 0) is 18.4 Å². The van der Waals surface area contributed by atoms with Gasteiger partial charge in [-0.25, -0.2) is 14.6 Å². The van der Waals surface area contributed by atoms with Crippen LogP contribution >= 0.6 is 11.3 Å². The van der Waals surface area contributed by atoms with E-state index < -0.39 is 24.1 Å².